The van der Waals surface area contributed by atoms with Crippen molar-refractivity contribution in [1.29, 1.82) is 0 Å². The predicted molar refractivity (Wildman–Crippen MR) is 42.2 cm³/mol. The van der Waals surface area contributed by atoms with Crippen molar-refractivity contribution >= 4 is 6.98 Å². The Morgan fingerprint density at radius 1 is 1.14 bits per heavy atom. The molecule has 1 N–H and O–H groups in total. The monoisotopic (exact) mass is 217 g/mol. The first-order chi connectivity index (χ1) is 6.26. The summed E-state index contributed by atoms with van der Waals surface area (Å²) < 4.78 is 61.0. The second-order valence-corrected chi connectivity index (χ2v) is 3.87. The maximum Gasteiger partial charge on any atom is 0.481 e. The van der Waals surface area contributed by atoms with Gasteiger partial charge in [0.25, 0.3) is 6.43 Å². The largest absolute Gasteiger partial charge is 0.481 e. The zero-order chi connectivity index (χ0) is 11.0. The number of alkyl halides is 2. The molecular formula is C7H11BF5O-. The lowest BCUT2D eigenvalue weighted by Crippen LogP contribution is -2.42. The summed E-state index contributed by atoms with van der Waals surface area (Å²) in [7, 11) is 0. The van der Waals surface area contributed by atoms with Crippen molar-refractivity contribution < 1.29 is 26.8 Å². The summed E-state index contributed by atoms with van der Waals surface area (Å²) in [5, 5.41) is 9.22. The Labute approximate surface area is 78.4 Å². The van der Waals surface area contributed by atoms with E-state index in [0.29, 0.717) is 0 Å². The molecule has 0 radical (unpaired) electrons. The smallest absolute Gasteiger partial charge is 0.449 e. The van der Waals surface area contributed by atoms with Crippen LogP contribution in [-0.2, 0) is 0 Å². The highest BCUT2D eigenvalue weighted by atomic mass is 19.4. The van der Waals surface area contributed by atoms with Crippen molar-refractivity contribution in [1.82, 2.24) is 0 Å². The van der Waals surface area contributed by atoms with Gasteiger partial charge in [-0.05, 0) is 12.8 Å². The van der Waals surface area contributed by atoms with E-state index in [4.69, 9.17) is 0 Å². The van der Waals surface area contributed by atoms with E-state index in [1.54, 1.807) is 0 Å². The van der Waals surface area contributed by atoms with E-state index in [1.165, 1.54) is 0 Å². The van der Waals surface area contributed by atoms with Gasteiger partial charge in [0.1, 0.15) is 5.60 Å². The van der Waals surface area contributed by atoms with Crippen molar-refractivity contribution in [2.45, 2.75) is 43.5 Å². The molecule has 0 spiro atoms. The highest BCUT2D eigenvalue weighted by Crippen LogP contribution is 2.44. The molecule has 0 bridgehead atoms. The standard InChI is InChI=1S/C7H11BF5O/c9-6(10)7(14)3-1-5(2-4-7)8(11,12)13/h5-6,14H,1-4H2/q-1. The minimum atomic E-state index is -4.95. The Morgan fingerprint density at radius 3 is 1.86 bits per heavy atom. The molecule has 14 heavy (non-hydrogen) atoms. The lowest BCUT2D eigenvalue weighted by Gasteiger charge is -2.38. The van der Waals surface area contributed by atoms with E-state index < -0.39 is 37.7 Å². The number of rotatable bonds is 2. The van der Waals surface area contributed by atoms with Crippen LogP contribution in [0.1, 0.15) is 25.7 Å². The van der Waals surface area contributed by atoms with Gasteiger partial charge in [-0.1, -0.05) is 18.7 Å². The fraction of sp³-hybridized carbons (Fsp3) is 1.00. The van der Waals surface area contributed by atoms with Gasteiger partial charge >= 0.3 is 6.98 Å². The van der Waals surface area contributed by atoms with Crippen molar-refractivity contribution in [2.75, 3.05) is 0 Å². The van der Waals surface area contributed by atoms with Gasteiger partial charge in [-0.15, -0.1) is 0 Å². The lowest BCUT2D eigenvalue weighted by molar-refractivity contribution is -0.117. The van der Waals surface area contributed by atoms with Crippen LogP contribution < -0.4 is 0 Å². The molecular weight excluding hydrogens is 206 g/mol. The summed E-state index contributed by atoms with van der Waals surface area (Å²) in [5.74, 6) is -1.48. The number of halogens is 5. The Kier molecular flexibility index (Phi) is 3.09. The summed E-state index contributed by atoms with van der Waals surface area (Å²) in [6.07, 6.45) is -4.65. The van der Waals surface area contributed by atoms with Crippen LogP contribution in [-0.4, -0.2) is 24.1 Å². The van der Waals surface area contributed by atoms with Gasteiger partial charge in [0, 0.05) is 0 Å². The minimum absolute atomic E-state index is 0.385. The summed E-state index contributed by atoms with van der Waals surface area (Å²) in [6.45, 7) is -4.95. The Balaban J connectivity index is 2.54. The molecule has 1 nitrogen and oxygen atoms in total. The molecule has 0 aromatic heterocycles. The van der Waals surface area contributed by atoms with Crippen LogP contribution in [0.5, 0.6) is 0 Å². The molecule has 1 fully saturated rings. The van der Waals surface area contributed by atoms with Crippen molar-refractivity contribution in [3.8, 4) is 0 Å². The first-order valence-electron chi connectivity index (χ1n) is 4.46. The molecule has 7 heteroatoms. The summed E-state index contributed by atoms with van der Waals surface area (Å²) in [5.41, 5.74) is -2.20. The van der Waals surface area contributed by atoms with Crippen LogP contribution >= 0.6 is 0 Å². The molecule has 1 aliphatic carbocycles. The lowest BCUT2D eigenvalue weighted by atomic mass is 9.62. The topological polar surface area (TPSA) is 20.2 Å². The van der Waals surface area contributed by atoms with E-state index in [1.807, 2.05) is 0 Å². The first kappa shape index (κ1) is 11.7. The van der Waals surface area contributed by atoms with Gasteiger partial charge in [-0.25, -0.2) is 8.78 Å². The Morgan fingerprint density at radius 2 is 1.57 bits per heavy atom. The maximum atomic E-state index is 12.2. The first-order valence-corrected chi connectivity index (χ1v) is 4.46. The molecule has 1 aliphatic rings. The average Bonchev–Trinajstić information content (AvgIpc) is 2.03. The number of aliphatic hydroxyl groups is 1. The molecule has 0 amide bonds. The van der Waals surface area contributed by atoms with Crippen LogP contribution in [0.4, 0.5) is 21.7 Å². The summed E-state index contributed by atoms with van der Waals surface area (Å²) >= 11 is 0. The quantitative estimate of drug-likeness (QED) is 0.556. The van der Waals surface area contributed by atoms with E-state index >= 15 is 0 Å². The third-order valence-corrected chi connectivity index (χ3v) is 2.84. The van der Waals surface area contributed by atoms with E-state index in [0.717, 1.165) is 0 Å². The Hall–Kier alpha value is -0.325. The Bertz CT molecular complexity index is 197. The zero-order valence-electron chi connectivity index (χ0n) is 7.40. The van der Waals surface area contributed by atoms with Crippen LogP contribution in [0.25, 0.3) is 0 Å². The fourth-order valence-electron chi connectivity index (χ4n) is 1.74. The van der Waals surface area contributed by atoms with Crippen molar-refractivity contribution in [3.05, 3.63) is 0 Å². The van der Waals surface area contributed by atoms with E-state index in [2.05, 4.69) is 0 Å². The van der Waals surface area contributed by atoms with Gasteiger partial charge in [-0.2, -0.15) is 0 Å². The van der Waals surface area contributed by atoms with Crippen LogP contribution in [0.15, 0.2) is 0 Å². The molecule has 0 aromatic carbocycles. The molecule has 0 atom stereocenters. The average molecular weight is 217 g/mol. The third kappa shape index (κ3) is 2.37. The molecule has 0 unspecified atom stereocenters. The van der Waals surface area contributed by atoms with Crippen molar-refractivity contribution in [3.63, 3.8) is 0 Å². The molecule has 1 rings (SSSR count). The summed E-state index contributed by atoms with van der Waals surface area (Å²) in [6, 6.07) is 0. The molecule has 1 saturated carbocycles. The number of hydrogen-bond acceptors (Lipinski definition) is 1. The highest BCUT2D eigenvalue weighted by Gasteiger charge is 2.45. The highest BCUT2D eigenvalue weighted by molar-refractivity contribution is 6.60. The van der Waals surface area contributed by atoms with E-state index in [9.17, 15) is 26.8 Å². The zero-order valence-corrected chi connectivity index (χ0v) is 7.40. The van der Waals surface area contributed by atoms with Gasteiger partial charge in [0.2, 0.25) is 0 Å². The third-order valence-electron chi connectivity index (χ3n) is 2.84. The fourth-order valence-corrected chi connectivity index (χ4v) is 1.74. The number of hydrogen-bond donors (Lipinski definition) is 1. The van der Waals surface area contributed by atoms with Gasteiger partial charge in [0.15, 0.2) is 0 Å². The second kappa shape index (κ2) is 3.68. The predicted octanol–water partition coefficient (Wildman–Crippen LogP) is 2.77. The van der Waals surface area contributed by atoms with Crippen LogP contribution in [0.3, 0.4) is 0 Å². The maximum absolute atomic E-state index is 12.2. The molecule has 0 aliphatic heterocycles. The normalized spacial score (nSPS) is 34.9. The van der Waals surface area contributed by atoms with Crippen LogP contribution in [0.2, 0.25) is 5.82 Å². The van der Waals surface area contributed by atoms with Gasteiger partial charge < -0.3 is 18.1 Å². The molecule has 0 saturated heterocycles. The van der Waals surface area contributed by atoms with Crippen molar-refractivity contribution in [2.24, 2.45) is 0 Å². The minimum Gasteiger partial charge on any atom is -0.449 e. The molecule has 0 heterocycles. The SMILES string of the molecule is OC1(C(F)F)CCC([B-](F)(F)F)CC1. The van der Waals surface area contributed by atoms with E-state index in [-0.39, 0.29) is 12.8 Å². The summed E-state index contributed by atoms with van der Waals surface area (Å²) in [4.78, 5) is 0. The second-order valence-electron chi connectivity index (χ2n) is 3.87. The molecule has 0 aromatic rings. The van der Waals surface area contributed by atoms with Gasteiger partial charge in [-0.3, -0.25) is 0 Å². The van der Waals surface area contributed by atoms with Gasteiger partial charge in [0.05, 0.1) is 0 Å². The molecule has 84 valence electrons. The van der Waals surface area contributed by atoms with Crippen LogP contribution in [0, 0.1) is 0 Å².